The van der Waals surface area contributed by atoms with Crippen molar-refractivity contribution in [3.8, 4) is 0 Å². The Labute approximate surface area is 197 Å². The molecule has 11 heteroatoms. The Balaban J connectivity index is 1.34. The summed E-state index contributed by atoms with van der Waals surface area (Å²) < 4.78 is 40.6. The van der Waals surface area contributed by atoms with E-state index in [0.29, 0.717) is 16.5 Å². The molecular formula is C23H23F3N4O3S. The number of fused-ring (bicyclic) bond motifs is 1. The minimum atomic E-state index is -4.31. The molecule has 1 aliphatic rings. The van der Waals surface area contributed by atoms with Crippen LogP contribution in [0.25, 0.3) is 10.9 Å². The summed E-state index contributed by atoms with van der Waals surface area (Å²) in [5, 5.41) is 10.9. The summed E-state index contributed by atoms with van der Waals surface area (Å²) in [6, 6.07) is 12.1. The number of rotatable bonds is 6. The number of aromatic nitrogens is 2. The molecule has 2 heterocycles. The molecule has 1 amide bonds. The second-order valence-corrected chi connectivity index (χ2v) is 9.15. The molecule has 1 aromatic heterocycles. The van der Waals surface area contributed by atoms with E-state index in [4.69, 9.17) is 0 Å². The number of piperidine rings is 1. The summed E-state index contributed by atoms with van der Waals surface area (Å²) in [4.78, 5) is 33.8. The van der Waals surface area contributed by atoms with Crippen LogP contribution in [-0.2, 0) is 0 Å². The Bertz CT molecular complexity index is 1220. The van der Waals surface area contributed by atoms with Gasteiger partial charge in [-0.3, -0.25) is 9.59 Å². The van der Waals surface area contributed by atoms with Crippen molar-refractivity contribution in [1.82, 2.24) is 14.9 Å². The Morgan fingerprint density at radius 1 is 1.18 bits per heavy atom. The van der Waals surface area contributed by atoms with Gasteiger partial charge in [0.2, 0.25) is 0 Å². The lowest BCUT2D eigenvalue weighted by atomic mass is 9.86. The number of nitrogens with zero attached hydrogens (tertiary/aromatic N) is 2. The van der Waals surface area contributed by atoms with Gasteiger partial charge in [-0.05, 0) is 67.6 Å². The van der Waals surface area contributed by atoms with Gasteiger partial charge < -0.3 is 19.7 Å². The van der Waals surface area contributed by atoms with Crippen molar-refractivity contribution in [2.45, 2.75) is 42.4 Å². The molecule has 1 saturated heterocycles. The Morgan fingerprint density at radius 3 is 2.56 bits per heavy atom. The average molecular weight is 493 g/mol. The lowest BCUT2D eigenvalue weighted by Gasteiger charge is -2.38. The number of halogens is 3. The van der Waals surface area contributed by atoms with Crippen LogP contribution >= 0.6 is 11.9 Å². The highest BCUT2D eigenvalue weighted by Gasteiger charge is 2.38. The first-order chi connectivity index (χ1) is 16.1. The minimum Gasteiger partial charge on any atom is -0.390 e. The Morgan fingerprint density at radius 2 is 1.88 bits per heavy atom. The van der Waals surface area contributed by atoms with E-state index in [-0.39, 0.29) is 43.8 Å². The van der Waals surface area contributed by atoms with Crippen LogP contribution < -0.4 is 10.3 Å². The summed E-state index contributed by atoms with van der Waals surface area (Å²) in [6.07, 6.45) is -4.10. The van der Waals surface area contributed by atoms with Crippen molar-refractivity contribution in [3.05, 3.63) is 64.7 Å². The summed E-state index contributed by atoms with van der Waals surface area (Å²) in [5.41, 5.74) is 0.166. The molecule has 0 atom stereocenters. The van der Waals surface area contributed by atoms with Crippen molar-refractivity contribution < 1.29 is 23.1 Å². The molecule has 180 valence electrons. The molecule has 2 aromatic carbocycles. The van der Waals surface area contributed by atoms with Crippen molar-refractivity contribution in [2.75, 3.05) is 17.8 Å². The van der Waals surface area contributed by atoms with Crippen LogP contribution in [0.3, 0.4) is 0 Å². The van der Waals surface area contributed by atoms with E-state index < -0.39 is 18.2 Å². The maximum Gasteiger partial charge on any atom is 0.389 e. The van der Waals surface area contributed by atoms with Crippen LogP contribution in [0.1, 0.15) is 36.0 Å². The molecule has 0 saturated carbocycles. The molecule has 4 rings (SSSR count). The largest absolute Gasteiger partial charge is 0.390 e. The number of benzene rings is 2. The van der Waals surface area contributed by atoms with Crippen LogP contribution in [0.15, 0.2) is 58.5 Å². The molecule has 0 unspecified atom stereocenters. The van der Waals surface area contributed by atoms with Crippen molar-refractivity contribution >= 4 is 34.4 Å². The third kappa shape index (κ3) is 5.71. The molecular weight excluding hydrogens is 469 g/mol. The molecule has 7 nitrogen and oxygen atoms in total. The standard InChI is InChI=1S/C23H23F3N4O3S/c24-23(25,26)9-8-22(33)10-12-30(13-11-22)21(32)15-4-6-16(7-5-15)29-34-18-3-1-2-17-19(18)27-14-28-20(17)31/h1-7,14,29,33H,8-13H2,(H,27,28,31). The summed E-state index contributed by atoms with van der Waals surface area (Å²) >= 11 is 1.29. The van der Waals surface area contributed by atoms with Gasteiger partial charge in [0.15, 0.2) is 0 Å². The van der Waals surface area contributed by atoms with E-state index in [1.54, 1.807) is 41.3 Å². The molecule has 0 radical (unpaired) electrons. The number of hydrogen-bond acceptors (Lipinski definition) is 6. The van der Waals surface area contributed by atoms with Gasteiger partial charge in [-0.25, -0.2) is 4.98 Å². The first kappa shape index (κ1) is 24.1. The highest BCUT2D eigenvalue weighted by molar-refractivity contribution is 8.00. The van der Waals surface area contributed by atoms with Crippen molar-refractivity contribution in [2.24, 2.45) is 0 Å². The molecule has 0 spiro atoms. The number of anilines is 1. The van der Waals surface area contributed by atoms with Crippen LogP contribution in [-0.4, -0.2) is 50.7 Å². The second kappa shape index (κ2) is 9.67. The molecule has 0 bridgehead atoms. The number of aliphatic hydroxyl groups is 1. The number of hydrogen-bond donors (Lipinski definition) is 3. The lowest BCUT2D eigenvalue weighted by molar-refractivity contribution is -0.150. The highest BCUT2D eigenvalue weighted by atomic mass is 32.2. The zero-order chi connectivity index (χ0) is 24.3. The van der Waals surface area contributed by atoms with Gasteiger partial charge in [-0.1, -0.05) is 6.07 Å². The summed E-state index contributed by atoms with van der Waals surface area (Å²) in [7, 11) is 0. The second-order valence-electron chi connectivity index (χ2n) is 8.30. The maximum atomic E-state index is 12.8. The maximum absolute atomic E-state index is 12.8. The van der Waals surface area contributed by atoms with Crippen molar-refractivity contribution in [3.63, 3.8) is 0 Å². The van der Waals surface area contributed by atoms with E-state index >= 15 is 0 Å². The Hall–Kier alpha value is -3.05. The lowest BCUT2D eigenvalue weighted by Crippen LogP contribution is -2.47. The van der Waals surface area contributed by atoms with E-state index in [1.165, 1.54) is 18.3 Å². The number of carbonyl (C=O) groups excluding carboxylic acids is 1. The third-order valence-electron chi connectivity index (χ3n) is 5.90. The number of H-pyrrole nitrogens is 1. The Kier molecular flexibility index (Phi) is 6.85. The minimum absolute atomic E-state index is 0.118. The zero-order valence-corrected chi connectivity index (χ0v) is 18.9. The SMILES string of the molecule is O=C(c1ccc(NSc2cccc3c(=O)[nH]cnc23)cc1)N1CCC(O)(CCC(F)(F)F)CC1. The molecule has 1 fully saturated rings. The summed E-state index contributed by atoms with van der Waals surface area (Å²) in [6.45, 7) is 0.409. The number of aromatic amines is 1. The first-order valence-corrected chi connectivity index (χ1v) is 11.5. The molecule has 3 N–H and O–H groups in total. The highest BCUT2D eigenvalue weighted by Crippen LogP contribution is 2.33. The number of amides is 1. The van der Waals surface area contributed by atoms with Gasteiger partial charge in [-0.2, -0.15) is 13.2 Å². The van der Waals surface area contributed by atoms with Crippen LogP contribution in [0.4, 0.5) is 18.9 Å². The summed E-state index contributed by atoms with van der Waals surface area (Å²) in [5.74, 6) is -0.227. The number of para-hydroxylation sites is 1. The van der Waals surface area contributed by atoms with Crippen LogP contribution in [0.5, 0.6) is 0 Å². The van der Waals surface area contributed by atoms with Gasteiger partial charge in [0.25, 0.3) is 11.5 Å². The third-order valence-corrected chi connectivity index (χ3v) is 6.79. The van der Waals surface area contributed by atoms with E-state index in [2.05, 4.69) is 14.7 Å². The van der Waals surface area contributed by atoms with Gasteiger partial charge in [0.05, 0.1) is 27.7 Å². The number of carbonyl (C=O) groups is 1. The predicted octanol–water partition coefficient (Wildman–Crippen LogP) is 4.35. The van der Waals surface area contributed by atoms with Gasteiger partial charge in [0, 0.05) is 30.8 Å². The fourth-order valence-corrected chi connectivity index (χ4v) is 4.65. The predicted molar refractivity (Wildman–Crippen MR) is 124 cm³/mol. The normalized spacial score (nSPS) is 15.9. The number of alkyl halides is 3. The first-order valence-electron chi connectivity index (χ1n) is 10.7. The van der Waals surface area contributed by atoms with Crippen LogP contribution in [0.2, 0.25) is 0 Å². The monoisotopic (exact) mass is 492 g/mol. The van der Waals surface area contributed by atoms with Crippen LogP contribution in [0, 0.1) is 0 Å². The van der Waals surface area contributed by atoms with Gasteiger partial charge in [0.1, 0.15) is 0 Å². The fourth-order valence-electron chi connectivity index (χ4n) is 3.88. The van der Waals surface area contributed by atoms with Gasteiger partial charge in [-0.15, -0.1) is 0 Å². The molecule has 34 heavy (non-hydrogen) atoms. The topological polar surface area (TPSA) is 98.3 Å². The molecule has 1 aliphatic heterocycles. The fraction of sp³-hybridized carbons (Fsp3) is 0.348. The smallest absolute Gasteiger partial charge is 0.389 e. The van der Waals surface area contributed by atoms with E-state index in [1.807, 2.05) is 6.07 Å². The van der Waals surface area contributed by atoms with Crippen molar-refractivity contribution in [1.29, 1.82) is 0 Å². The number of nitrogens with one attached hydrogen (secondary N) is 2. The van der Waals surface area contributed by atoms with E-state index in [9.17, 15) is 27.9 Å². The quantitative estimate of drug-likeness (QED) is 0.443. The zero-order valence-electron chi connectivity index (χ0n) is 18.1. The molecule has 0 aliphatic carbocycles. The molecule has 3 aromatic rings. The van der Waals surface area contributed by atoms with Gasteiger partial charge >= 0.3 is 6.18 Å². The number of likely N-dealkylation sites (tertiary alicyclic amines) is 1. The van der Waals surface area contributed by atoms with E-state index in [0.717, 1.165) is 10.6 Å². The average Bonchev–Trinajstić information content (AvgIpc) is 2.82.